The van der Waals surface area contributed by atoms with Crippen LogP contribution < -0.4 is 9.46 Å². The fraction of sp³-hybridized carbons (Fsp3) is 0.406. The van der Waals surface area contributed by atoms with E-state index in [0.29, 0.717) is 35.6 Å². The topological polar surface area (TPSA) is 102 Å². The summed E-state index contributed by atoms with van der Waals surface area (Å²) in [5.74, 6) is 1.89. The van der Waals surface area contributed by atoms with Gasteiger partial charge in [0, 0.05) is 24.4 Å². The summed E-state index contributed by atoms with van der Waals surface area (Å²) in [7, 11) is -0.136. The average molecular weight is 589 g/mol. The minimum Gasteiger partial charge on any atom is -0.439 e. The van der Waals surface area contributed by atoms with Crippen molar-refractivity contribution in [3.63, 3.8) is 0 Å². The summed E-state index contributed by atoms with van der Waals surface area (Å²) < 4.78 is 36.8. The van der Waals surface area contributed by atoms with Gasteiger partial charge in [0.15, 0.2) is 0 Å². The summed E-state index contributed by atoms with van der Waals surface area (Å²) in [5, 5.41) is 4.00. The van der Waals surface area contributed by atoms with Crippen molar-refractivity contribution < 1.29 is 13.2 Å². The Bertz CT molecular complexity index is 1620. The van der Waals surface area contributed by atoms with Crippen molar-refractivity contribution >= 4 is 16.0 Å². The Balaban J connectivity index is 1.54. The number of benzene rings is 2. The van der Waals surface area contributed by atoms with E-state index in [4.69, 9.17) is 9.72 Å². The van der Waals surface area contributed by atoms with Gasteiger partial charge in [-0.1, -0.05) is 57.2 Å². The predicted octanol–water partition coefficient (Wildman–Crippen LogP) is 6.04. The molecule has 4 aromatic rings. The molecule has 42 heavy (non-hydrogen) atoms. The average Bonchev–Trinajstić information content (AvgIpc) is 3.41. The molecule has 0 radical (unpaired) electrons. The van der Waals surface area contributed by atoms with Gasteiger partial charge in [-0.2, -0.15) is 10.1 Å². The standard InChI is InChI=1S/C32H40N6O3S/c1-6-28-30(29-10-8-7-9-25(29)19-22(2)3)34-32(36-42(39,40)27-20-33-38(5)21-27)35-31(28)41-26-13-11-23(12-14-26)24-15-17-37(4)18-16-24/h7-14,20-22,24H,6,15-19H2,1-5H3,(H,34,35,36). The predicted molar refractivity (Wildman–Crippen MR) is 165 cm³/mol. The molecular formula is C32H40N6O3S. The van der Waals surface area contributed by atoms with Crippen molar-refractivity contribution in [3.05, 3.63) is 77.6 Å². The highest BCUT2D eigenvalue weighted by Crippen LogP contribution is 2.36. The lowest BCUT2D eigenvalue weighted by atomic mass is 9.90. The van der Waals surface area contributed by atoms with E-state index in [9.17, 15) is 8.42 Å². The maximum Gasteiger partial charge on any atom is 0.267 e. The fourth-order valence-electron chi connectivity index (χ4n) is 5.48. The minimum atomic E-state index is -3.97. The first-order chi connectivity index (χ1) is 20.1. The fourth-order valence-corrected chi connectivity index (χ4v) is 6.41. The van der Waals surface area contributed by atoms with Gasteiger partial charge in [-0.15, -0.1) is 0 Å². The molecule has 9 nitrogen and oxygen atoms in total. The Kier molecular flexibility index (Phi) is 8.93. The Morgan fingerprint density at radius 2 is 1.74 bits per heavy atom. The van der Waals surface area contributed by atoms with Crippen LogP contribution in [0.4, 0.5) is 5.95 Å². The zero-order valence-corrected chi connectivity index (χ0v) is 25.9. The molecule has 1 saturated heterocycles. The number of rotatable bonds is 10. The lowest BCUT2D eigenvalue weighted by Crippen LogP contribution is -2.29. The van der Waals surface area contributed by atoms with Crippen molar-refractivity contribution in [2.24, 2.45) is 13.0 Å². The third-order valence-electron chi connectivity index (χ3n) is 7.73. The van der Waals surface area contributed by atoms with Gasteiger partial charge in [-0.25, -0.2) is 18.1 Å². The second-order valence-corrected chi connectivity index (χ2v) is 13.2. The van der Waals surface area contributed by atoms with Crippen LogP contribution in [-0.4, -0.2) is 53.2 Å². The van der Waals surface area contributed by atoms with Gasteiger partial charge in [0.25, 0.3) is 10.0 Å². The molecule has 0 bridgehead atoms. The molecule has 2 aromatic carbocycles. The summed E-state index contributed by atoms with van der Waals surface area (Å²) in [5.41, 5.74) is 4.85. The molecule has 1 fully saturated rings. The normalized spacial score (nSPS) is 14.8. The van der Waals surface area contributed by atoms with E-state index in [-0.39, 0.29) is 10.8 Å². The molecule has 0 unspecified atom stereocenters. The Morgan fingerprint density at radius 1 is 1.02 bits per heavy atom. The first-order valence-electron chi connectivity index (χ1n) is 14.6. The van der Waals surface area contributed by atoms with Crippen LogP contribution in [0, 0.1) is 5.92 Å². The van der Waals surface area contributed by atoms with Gasteiger partial charge in [-0.3, -0.25) is 4.68 Å². The van der Waals surface area contributed by atoms with Gasteiger partial charge < -0.3 is 9.64 Å². The van der Waals surface area contributed by atoms with E-state index in [1.807, 2.05) is 37.3 Å². The first kappa shape index (κ1) is 29.7. The number of likely N-dealkylation sites (tertiary alicyclic amines) is 1. The number of aryl methyl sites for hydroxylation is 1. The van der Waals surface area contributed by atoms with Gasteiger partial charge in [0.1, 0.15) is 10.6 Å². The largest absolute Gasteiger partial charge is 0.439 e. The SMILES string of the molecule is CCc1c(Oc2ccc(C3CCN(C)CC3)cc2)nc(NS(=O)(=O)c2cnn(C)c2)nc1-c1ccccc1CC(C)C. The zero-order valence-electron chi connectivity index (χ0n) is 25.0. The van der Waals surface area contributed by atoms with Gasteiger partial charge in [0.2, 0.25) is 11.8 Å². The molecule has 10 heteroatoms. The Morgan fingerprint density at radius 3 is 2.38 bits per heavy atom. The van der Waals surface area contributed by atoms with Crippen LogP contribution >= 0.6 is 0 Å². The van der Waals surface area contributed by atoms with Crippen molar-refractivity contribution in [1.29, 1.82) is 0 Å². The maximum absolute atomic E-state index is 13.2. The first-order valence-corrected chi connectivity index (χ1v) is 16.1. The van der Waals surface area contributed by atoms with Crippen LogP contribution in [0.2, 0.25) is 0 Å². The van der Waals surface area contributed by atoms with Crippen molar-refractivity contribution in [3.8, 4) is 22.9 Å². The number of sulfonamides is 1. The van der Waals surface area contributed by atoms with Crippen LogP contribution in [0.1, 0.15) is 56.2 Å². The number of aromatic nitrogens is 4. The number of piperidine rings is 1. The molecule has 0 amide bonds. The van der Waals surface area contributed by atoms with Crippen LogP contribution in [0.25, 0.3) is 11.3 Å². The molecule has 1 aliphatic rings. The maximum atomic E-state index is 13.2. The van der Waals surface area contributed by atoms with Gasteiger partial charge in [0.05, 0.1) is 11.9 Å². The Hall–Kier alpha value is -3.76. The van der Waals surface area contributed by atoms with Crippen molar-refractivity contribution in [2.45, 2.75) is 57.3 Å². The quantitative estimate of drug-likeness (QED) is 0.241. The second kappa shape index (κ2) is 12.6. The van der Waals surface area contributed by atoms with E-state index < -0.39 is 10.0 Å². The van der Waals surface area contributed by atoms with Gasteiger partial charge >= 0.3 is 0 Å². The lowest BCUT2D eigenvalue weighted by Gasteiger charge is -2.29. The van der Waals surface area contributed by atoms with E-state index in [1.54, 1.807) is 7.05 Å². The summed E-state index contributed by atoms with van der Waals surface area (Å²) in [6.07, 6.45) is 6.47. The van der Waals surface area contributed by atoms with Crippen LogP contribution in [0.15, 0.2) is 65.8 Å². The summed E-state index contributed by atoms with van der Waals surface area (Å²) >= 11 is 0. The number of hydrogen-bond donors (Lipinski definition) is 1. The monoisotopic (exact) mass is 588 g/mol. The van der Waals surface area contributed by atoms with E-state index >= 15 is 0 Å². The molecule has 5 rings (SSSR count). The number of anilines is 1. The molecule has 1 aliphatic heterocycles. The third kappa shape index (κ3) is 6.82. The van der Waals surface area contributed by atoms with Crippen LogP contribution in [0.5, 0.6) is 11.6 Å². The highest BCUT2D eigenvalue weighted by atomic mass is 32.2. The molecule has 0 atom stereocenters. The second-order valence-electron chi connectivity index (χ2n) is 11.5. The third-order valence-corrected chi connectivity index (χ3v) is 9.01. The van der Waals surface area contributed by atoms with E-state index in [0.717, 1.165) is 49.0 Å². The minimum absolute atomic E-state index is 0.0295. The summed E-state index contributed by atoms with van der Waals surface area (Å²) in [4.78, 5) is 11.8. The van der Waals surface area contributed by atoms with Gasteiger partial charge in [-0.05, 0) is 80.9 Å². The number of ether oxygens (including phenoxy) is 1. The molecule has 2 aromatic heterocycles. The van der Waals surface area contributed by atoms with Crippen LogP contribution in [0.3, 0.4) is 0 Å². The number of nitrogens with zero attached hydrogens (tertiary/aromatic N) is 5. The summed E-state index contributed by atoms with van der Waals surface area (Å²) in [6.45, 7) is 8.58. The molecule has 0 aliphatic carbocycles. The highest BCUT2D eigenvalue weighted by molar-refractivity contribution is 7.92. The Labute approximate surface area is 249 Å². The number of nitrogens with one attached hydrogen (secondary N) is 1. The summed E-state index contributed by atoms with van der Waals surface area (Å²) in [6, 6.07) is 16.3. The highest BCUT2D eigenvalue weighted by Gasteiger charge is 2.24. The zero-order chi connectivity index (χ0) is 29.9. The molecular weight excluding hydrogens is 548 g/mol. The molecule has 222 valence electrons. The molecule has 3 heterocycles. The van der Waals surface area contributed by atoms with Crippen molar-refractivity contribution in [2.75, 3.05) is 24.9 Å². The van der Waals surface area contributed by atoms with Crippen LogP contribution in [-0.2, 0) is 29.9 Å². The van der Waals surface area contributed by atoms with E-state index in [1.165, 1.54) is 22.6 Å². The smallest absolute Gasteiger partial charge is 0.267 e. The lowest BCUT2D eigenvalue weighted by molar-refractivity contribution is 0.255. The van der Waals surface area contributed by atoms with Crippen molar-refractivity contribution in [1.82, 2.24) is 24.6 Å². The molecule has 0 saturated carbocycles. The number of hydrogen-bond acceptors (Lipinski definition) is 7. The molecule has 1 N–H and O–H groups in total. The van der Waals surface area contributed by atoms with E-state index in [2.05, 4.69) is 58.8 Å². The molecule has 0 spiro atoms.